The average molecular weight is 350 g/mol. The van der Waals surface area contributed by atoms with Crippen LogP contribution in [0, 0.1) is 10.1 Å². The number of nitrogens with zero attached hydrogens (tertiary/aromatic N) is 2. The zero-order valence-electron chi connectivity index (χ0n) is 6.92. The molecule has 1 rings (SSSR count). The van der Waals surface area contributed by atoms with Gasteiger partial charge in [-0.3, -0.25) is 14.4 Å². The van der Waals surface area contributed by atoms with Gasteiger partial charge in [0.25, 0.3) is 13.4 Å². The first-order valence-electron chi connectivity index (χ1n) is 3.61. The van der Waals surface area contributed by atoms with Gasteiger partial charge in [-0.2, -0.15) is 8.42 Å². The van der Waals surface area contributed by atoms with Crippen LogP contribution in [0.15, 0.2) is 11.2 Å². The van der Waals surface area contributed by atoms with E-state index in [9.17, 15) is 18.5 Å². The Morgan fingerprint density at radius 3 is 2.79 bits per heavy atom. The highest BCUT2D eigenvalue weighted by atomic mass is 127. The Hall–Kier alpha value is -0.0300. The molecule has 9 heteroatoms. The predicted octanol–water partition coefficient (Wildman–Crippen LogP) is 1.18. The average Bonchev–Trinajstić information content (AvgIpc) is 2.01. The van der Waals surface area contributed by atoms with E-state index in [2.05, 4.69) is 0 Å². The third kappa shape index (κ3) is 3.28. The molecule has 6 nitrogen and oxygen atoms in total. The van der Waals surface area contributed by atoms with E-state index in [4.69, 9.17) is 0 Å². The van der Waals surface area contributed by atoms with Crippen molar-refractivity contribution in [2.45, 2.75) is 6.42 Å². The molecule has 0 spiro atoms. The van der Waals surface area contributed by atoms with E-state index >= 15 is 0 Å². The summed E-state index contributed by atoms with van der Waals surface area (Å²) in [5, 5.41) is 10.4. The van der Waals surface area contributed by atoms with Gasteiger partial charge in [0, 0.05) is 12.3 Å². The highest BCUT2D eigenvalue weighted by Gasteiger charge is 2.27. The minimum Gasteiger partial charge on any atom is -0.259 e. The van der Waals surface area contributed by atoms with Crippen molar-refractivity contribution in [1.82, 2.24) is 4.31 Å². The van der Waals surface area contributed by atoms with Crippen LogP contribution in [0.1, 0.15) is 6.42 Å². The van der Waals surface area contributed by atoms with E-state index in [0.717, 1.165) is 10.5 Å². The molecule has 0 aromatic rings. The maximum Gasteiger partial charge on any atom is 0.289 e. The molecule has 1 heterocycles. The highest BCUT2D eigenvalue weighted by molar-refractivity contribution is 14.2. The van der Waals surface area contributed by atoms with Gasteiger partial charge in [-0.15, -0.1) is 11.8 Å². The van der Waals surface area contributed by atoms with Crippen molar-refractivity contribution in [2.24, 2.45) is 0 Å². The Kier molecular flexibility index (Phi) is 4.01. The molecule has 1 aliphatic heterocycles. The molecule has 0 radical (unpaired) electrons. The summed E-state index contributed by atoms with van der Waals surface area (Å²) >= 11 is 2.47. The third-order valence-corrected chi connectivity index (χ3v) is 5.04. The number of hydrogen-bond donors (Lipinski definition) is 0. The number of hydrogen-bond acceptors (Lipinski definition) is 5. The summed E-state index contributed by atoms with van der Waals surface area (Å²) in [7, 11) is -3.41. The normalized spacial score (nSPS) is 21.2. The molecular weight excluding hydrogens is 343 g/mol. The van der Waals surface area contributed by atoms with Crippen LogP contribution in [0.5, 0.6) is 0 Å². The lowest BCUT2D eigenvalue weighted by Gasteiger charge is -2.25. The lowest BCUT2D eigenvalue weighted by molar-refractivity contribution is -0.403. The molecule has 0 unspecified atom stereocenters. The maximum absolute atomic E-state index is 11.2. The van der Waals surface area contributed by atoms with Gasteiger partial charge >= 0.3 is 0 Å². The molecule has 14 heavy (non-hydrogen) atoms. The van der Waals surface area contributed by atoms with Crippen LogP contribution in [0.2, 0.25) is 0 Å². The van der Waals surface area contributed by atoms with Gasteiger partial charge in [-0.25, -0.2) is 0 Å². The second-order valence-electron chi connectivity index (χ2n) is 2.47. The van der Waals surface area contributed by atoms with E-state index in [1.54, 1.807) is 0 Å². The van der Waals surface area contributed by atoms with Crippen LogP contribution in [0.3, 0.4) is 0 Å². The van der Waals surface area contributed by atoms with Crippen LogP contribution in [0.25, 0.3) is 0 Å². The quantitative estimate of drug-likeness (QED) is 0.323. The number of nitro groups is 1. The molecule has 0 saturated carbocycles. The zero-order valence-corrected chi connectivity index (χ0v) is 10.7. The maximum atomic E-state index is 11.2. The lowest BCUT2D eigenvalue weighted by Crippen LogP contribution is -2.30. The molecule has 0 bridgehead atoms. The summed E-state index contributed by atoms with van der Waals surface area (Å²) < 4.78 is 23.5. The standard InChI is InChI=1S/C5H7IN2O4S2/c6-14(11,12)7-2-1-3-13-5(7)4-8(9)10/h4H,1-3H2/b5-4-. The lowest BCUT2D eigenvalue weighted by atomic mass is 10.5. The molecule has 1 saturated heterocycles. The Morgan fingerprint density at radius 2 is 2.29 bits per heavy atom. The largest absolute Gasteiger partial charge is 0.289 e. The Morgan fingerprint density at radius 1 is 1.64 bits per heavy atom. The van der Waals surface area contributed by atoms with E-state index in [1.807, 2.05) is 0 Å². The minimum atomic E-state index is -3.41. The Balaban J connectivity index is 2.96. The fourth-order valence-electron chi connectivity index (χ4n) is 0.975. The number of rotatable bonds is 2. The van der Waals surface area contributed by atoms with E-state index in [1.165, 1.54) is 33.0 Å². The fourth-order valence-corrected chi connectivity index (χ4v) is 4.54. The molecule has 0 aromatic carbocycles. The molecule has 1 fully saturated rings. The first-order valence-corrected chi connectivity index (χ1v) is 8.58. The van der Waals surface area contributed by atoms with Crippen molar-refractivity contribution in [3.8, 4) is 0 Å². The van der Waals surface area contributed by atoms with Crippen molar-refractivity contribution in [3.63, 3.8) is 0 Å². The Bertz CT molecular complexity index is 366. The second-order valence-corrected chi connectivity index (χ2v) is 8.19. The smallest absolute Gasteiger partial charge is 0.259 e. The molecule has 1 aliphatic rings. The minimum absolute atomic E-state index is 0.190. The highest BCUT2D eigenvalue weighted by Crippen LogP contribution is 2.31. The van der Waals surface area contributed by atoms with Gasteiger partial charge in [0.1, 0.15) is 0 Å². The predicted molar refractivity (Wildman–Crippen MR) is 61.8 cm³/mol. The van der Waals surface area contributed by atoms with E-state index in [-0.39, 0.29) is 5.03 Å². The van der Waals surface area contributed by atoms with Crippen molar-refractivity contribution in [1.29, 1.82) is 0 Å². The molecule has 0 atom stereocenters. The zero-order chi connectivity index (χ0) is 10.8. The van der Waals surface area contributed by atoms with Crippen LogP contribution in [-0.4, -0.2) is 29.9 Å². The summed E-state index contributed by atoms with van der Waals surface area (Å²) in [5.74, 6) is 0.711. The summed E-state index contributed by atoms with van der Waals surface area (Å²) in [6.45, 7) is 0.317. The van der Waals surface area contributed by atoms with Crippen molar-refractivity contribution in [3.05, 3.63) is 21.3 Å². The Labute approximate surface area is 97.5 Å². The molecule has 0 amide bonds. The summed E-state index contributed by atoms with van der Waals surface area (Å²) in [6, 6.07) is 0. The number of halogens is 1. The summed E-state index contributed by atoms with van der Waals surface area (Å²) in [5.41, 5.74) is 0. The molecule has 0 aliphatic carbocycles. The van der Waals surface area contributed by atoms with Crippen LogP contribution in [0.4, 0.5) is 0 Å². The van der Waals surface area contributed by atoms with Crippen molar-refractivity contribution >= 4 is 40.2 Å². The second kappa shape index (κ2) is 4.66. The van der Waals surface area contributed by atoms with Gasteiger partial charge in [0.2, 0.25) is 0 Å². The van der Waals surface area contributed by atoms with E-state index in [0.29, 0.717) is 18.7 Å². The summed E-state index contributed by atoms with van der Waals surface area (Å²) in [6.07, 6.45) is 1.45. The molecular formula is C5H7IN2O4S2. The van der Waals surface area contributed by atoms with Gasteiger partial charge in [0.15, 0.2) is 5.03 Å². The summed E-state index contributed by atoms with van der Waals surface area (Å²) in [4.78, 5) is 9.60. The molecule has 0 N–H and O–H groups in total. The van der Waals surface area contributed by atoms with Gasteiger partial charge in [-0.1, -0.05) is 0 Å². The van der Waals surface area contributed by atoms with Gasteiger partial charge in [-0.05, 0) is 6.42 Å². The fraction of sp³-hybridized carbons (Fsp3) is 0.600. The molecule has 80 valence electrons. The van der Waals surface area contributed by atoms with Crippen LogP contribution < -0.4 is 0 Å². The first-order chi connectivity index (χ1) is 6.41. The van der Waals surface area contributed by atoms with E-state index < -0.39 is 12.1 Å². The monoisotopic (exact) mass is 350 g/mol. The number of thioether (sulfide) groups is 1. The third-order valence-electron chi connectivity index (χ3n) is 1.48. The van der Waals surface area contributed by atoms with Crippen molar-refractivity contribution in [2.75, 3.05) is 12.3 Å². The van der Waals surface area contributed by atoms with Gasteiger partial charge in [0.05, 0.1) is 26.1 Å². The SMILES string of the molecule is O=[N+]([O-])/C=C1\SCCCN1S(=O)(=O)I. The van der Waals surface area contributed by atoms with Gasteiger partial charge < -0.3 is 0 Å². The van der Waals surface area contributed by atoms with Crippen LogP contribution >= 0.6 is 33.0 Å². The molecule has 0 aromatic heterocycles. The van der Waals surface area contributed by atoms with Crippen LogP contribution in [-0.2, 0) is 7.19 Å². The topological polar surface area (TPSA) is 80.5 Å². The van der Waals surface area contributed by atoms with Crippen molar-refractivity contribution < 1.29 is 13.3 Å². The first kappa shape index (κ1) is 12.0.